The summed E-state index contributed by atoms with van der Waals surface area (Å²) in [6.45, 7) is 2.40. The molecule has 10 heteroatoms. The Bertz CT molecular complexity index is 1030. The van der Waals surface area contributed by atoms with E-state index in [0.29, 0.717) is 49.4 Å². The summed E-state index contributed by atoms with van der Waals surface area (Å²) in [7, 11) is 0. The van der Waals surface area contributed by atoms with E-state index >= 15 is 0 Å². The minimum Gasteiger partial charge on any atom is -0.491 e. The largest absolute Gasteiger partial charge is 0.491 e. The number of carbonyl (C=O) groups excluding carboxylic acids is 2. The maximum Gasteiger partial charge on any atom is 0.379 e. The number of nitrogens with zero attached hydrogens (tertiary/aromatic N) is 1. The van der Waals surface area contributed by atoms with Crippen LogP contribution in [0.15, 0.2) is 54.7 Å². The van der Waals surface area contributed by atoms with E-state index in [1.165, 1.54) is 6.20 Å². The summed E-state index contributed by atoms with van der Waals surface area (Å²) in [6.07, 6.45) is 1.52. The Hall–Kier alpha value is -3.89. The van der Waals surface area contributed by atoms with Crippen LogP contribution in [0.3, 0.4) is 0 Å². The summed E-state index contributed by atoms with van der Waals surface area (Å²) in [5, 5.41) is 0. The van der Waals surface area contributed by atoms with Crippen LogP contribution >= 0.6 is 0 Å². The topological polar surface area (TPSA) is 125 Å². The van der Waals surface area contributed by atoms with Crippen molar-refractivity contribution in [3.63, 3.8) is 0 Å². The Balaban J connectivity index is 1.12. The Labute approximate surface area is 188 Å². The lowest BCUT2D eigenvalue weighted by molar-refractivity contribution is 0.0722. The lowest BCUT2D eigenvalue weighted by atomic mass is 10.3. The SMILES string of the molecule is O=C(Oc1ccc(OCC2CO2)cc1)c1cnc(C(=O)Oc2ccc(OCC3CO3)cc2)[nH]1. The zero-order chi connectivity index (χ0) is 22.6. The Kier molecular flexibility index (Phi) is 5.92. The van der Waals surface area contributed by atoms with Crippen LogP contribution in [-0.2, 0) is 9.47 Å². The summed E-state index contributed by atoms with van der Waals surface area (Å²) in [6, 6.07) is 13.2. The lowest BCUT2D eigenvalue weighted by Crippen LogP contribution is -2.12. The van der Waals surface area contributed by atoms with Crippen LogP contribution in [0.2, 0.25) is 0 Å². The second kappa shape index (κ2) is 9.31. The summed E-state index contributed by atoms with van der Waals surface area (Å²) in [5.41, 5.74) is 0.0131. The highest BCUT2D eigenvalue weighted by molar-refractivity contribution is 5.92. The van der Waals surface area contributed by atoms with Gasteiger partial charge in [0, 0.05) is 0 Å². The van der Waals surface area contributed by atoms with E-state index in [4.69, 9.17) is 28.4 Å². The molecule has 5 rings (SSSR count). The highest BCUT2D eigenvalue weighted by Gasteiger charge is 2.24. The molecule has 0 amide bonds. The molecular weight excluding hydrogens is 432 g/mol. The van der Waals surface area contributed by atoms with Gasteiger partial charge in [-0.25, -0.2) is 14.6 Å². The molecule has 1 N–H and O–H groups in total. The van der Waals surface area contributed by atoms with Crippen molar-refractivity contribution < 1.29 is 38.0 Å². The third-order valence-electron chi connectivity index (χ3n) is 4.73. The number of hydrogen-bond acceptors (Lipinski definition) is 9. The summed E-state index contributed by atoms with van der Waals surface area (Å²) in [4.78, 5) is 31.2. The van der Waals surface area contributed by atoms with Crippen molar-refractivity contribution >= 4 is 11.9 Å². The van der Waals surface area contributed by atoms with E-state index < -0.39 is 11.9 Å². The summed E-state index contributed by atoms with van der Waals surface area (Å²) in [5.74, 6) is 0.367. The number of hydrogen-bond donors (Lipinski definition) is 1. The predicted octanol–water partition coefficient (Wildman–Crippen LogP) is 2.40. The molecule has 0 spiro atoms. The van der Waals surface area contributed by atoms with Gasteiger partial charge in [-0.1, -0.05) is 0 Å². The molecule has 10 nitrogen and oxygen atoms in total. The number of benzene rings is 2. The van der Waals surface area contributed by atoms with Gasteiger partial charge in [0.1, 0.15) is 54.1 Å². The molecule has 2 unspecified atom stereocenters. The van der Waals surface area contributed by atoms with Crippen LogP contribution in [0.1, 0.15) is 21.1 Å². The van der Waals surface area contributed by atoms with E-state index in [9.17, 15) is 9.59 Å². The number of imidazole rings is 1. The third kappa shape index (κ3) is 5.88. The minimum absolute atomic E-state index is 0.0131. The molecule has 33 heavy (non-hydrogen) atoms. The van der Waals surface area contributed by atoms with Gasteiger partial charge in [-0.15, -0.1) is 0 Å². The van der Waals surface area contributed by atoms with Crippen molar-refractivity contribution in [2.75, 3.05) is 26.4 Å². The molecule has 2 aliphatic heterocycles. The Morgan fingerprint density at radius 2 is 1.24 bits per heavy atom. The highest BCUT2D eigenvalue weighted by atomic mass is 16.6. The van der Waals surface area contributed by atoms with Crippen molar-refractivity contribution in [2.45, 2.75) is 12.2 Å². The van der Waals surface area contributed by atoms with Crippen LogP contribution in [0, 0.1) is 0 Å². The van der Waals surface area contributed by atoms with Crippen molar-refractivity contribution in [1.82, 2.24) is 9.97 Å². The predicted molar refractivity (Wildman–Crippen MR) is 112 cm³/mol. The molecule has 3 aromatic rings. The van der Waals surface area contributed by atoms with Gasteiger partial charge in [0.2, 0.25) is 5.82 Å². The number of H-pyrrole nitrogens is 1. The van der Waals surface area contributed by atoms with Crippen molar-refractivity contribution in [3.8, 4) is 23.0 Å². The number of carbonyl (C=O) groups is 2. The van der Waals surface area contributed by atoms with Gasteiger partial charge in [0.05, 0.1) is 19.4 Å². The van der Waals surface area contributed by atoms with E-state index in [-0.39, 0.29) is 23.7 Å². The standard InChI is InChI=1S/C23H20N2O8/c26-22(32-16-5-1-14(2-6-16)28-10-18-12-30-18)20-9-24-21(25-20)23(27)33-17-7-3-15(4-8-17)29-11-19-13-31-19/h1-9,18-19H,10-13H2,(H,24,25). The van der Waals surface area contributed by atoms with Crippen LogP contribution in [0.4, 0.5) is 0 Å². The van der Waals surface area contributed by atoms with Crippen LogP contribution in [0.25, 0.3) is 0 Å². The zero-order valence-electron chi connectivity index (χ0n) is 17.4. The number of esters is 2. The van der Waals surface area contributed by atoms with Crippen LogP contribution in [-0.4, -0.2) is 60.5 Å². The molecule has 170 valence electrons. The summed E-state index contributed by atoms with van der Waals surface area (Å²) >= 11 is 0. The molecule has 0 bridgehead atoms. The molecule has 2 fully saturated rings. The Morgan fingerprint density at radius 1 is 0.788 bits per heavy atom. The van der Waals surface area contributed by atoms with Gasteiger partial charge < -0.3 is 33.4 Å². The van der Waals surface area contributed by atoms with Gasteiger partial charge >= 0.3 is 11.9 Å². The zero-order valence-corrected chi connectivity index (χ0v) is 17.4. The van der Waals surface area contributed by atoms with Crippen LogP contribution < -0.4 is 18.9 Å². The third-order valence-corrected chi connectivity index (χ3v) is 4.73. The van der Waals surface area contributed by atoms with Gasteiger partial charge in [0.25, 0.3) is 0 Å². The van der Waals surface area contributed by atoms with Gasteiger partial charge in [-0.2, -0.15) is 0 Å². The van der Waals surface area contributed by atoms with E-state index in [2.05, 4.69) is 9.97 Å². The van der Waals surface area contributed by atoms with E-state index in [1.807, 2.05) is 0 Å². The molecular formula is C23H20N2O8. The molecule has 2 aromatic carbocycles. The molecule has 3 heterocycles. The normalized spacial score (nSPS) is 18.3. The Morgan fingerprint density at radius 3 is 1.73 bits per heavy atom. The number of ether oxygens (including phenoxy) is 6. The number of epoxide rings is 2. The second-order valence-corrected chi connectivity index (χ2v) is 7.40. The number of aromatic nitrogens is 2. The molecule has 2 aliphatic rings. The number of aromatic amines is 1. The first-order chi connectivity index (χ1) is 16.1. The van der Waals surface area contributed by atoms with Gasteiger partial charge in [-0.05, 0) is 48.5 Å². The first kappa shape index (κ1) is 21.0. The van der Waals surface area contributed by atoms with Crippen molar-refractivity contribution in [1.29, 1.82) is 0 Å². The lowest BCUT2D eigenvalue weighted by Gasteiger charge is -2.06. The molecule has 1 aromatic heterocycles. The quantitative estimate of drug-likeness (QED) is 0.280. The van der Waals surface area contributed by atoms with Crippen LogP contribution in [0.5, 0.6) is 23.0 Å². The molecule has 0 saturated carbocycles. The smallest absolute Gasteiger partial charge is 0.379 e. The fourth-order valence-corrected chi connectivity index (χ4v) is 2.76. The fraction of sp³-hybridized carbons (Fsp3) is 0.261. The van der Waals surface area contributed by atoms with Crippen molar-refractivity contribution in [3.05, 3.63) is 66.2 Å². The monoisotopic (exact) mass is 452 g/mol. The first-order valence-corrected chi connectivity index (χ1v) is 10.3. The van der Waals surface area contributed by atoms with Gasteiger partial charge in [-0.3, -0.25) is 0 Å². The molecule has 0 radical (unpaired) electrons. The fourth-order valence-electron chi connectivity index (χ4n) is 2.76. The molecule has 2 saturated heterocycles. The highest BCUT2D eigenvalue weighted by Crippen LogP contribution is 2.21. The molecule has 0 aliphatic carbocycles. The first-order valence-electron chi connectivity index (χ1n) is 10.3. The minimum atomic E-state index is -0.741. The van der Waals surface area contributed by atoms with Crippen molar-refractivity contribution in [2.24, 2.45) is 0 Å². The van der Waals surface area contributed by atoms with E-state index in [0.717, 1.165) is 0 Å². The number of nitrogens with one attached hydrogen (secondary N) is 1. The van der Waals surface area contributed by atoms with E-state index in [1.54, 1.807) is 48.5 Å². The van der Waals surface area contributed by atoms with Gasteiger partial charge in [0.15, 0.2) is 0 Å². The maximum absolute atomic E-state index is 12.4. The molecule has 2 atom stereocenters. The number of rotatable bonds is 10. The average molecular weight is 452 g/mol. The summed E-state index contributed by atoms with van der Waals surface area (Å²) < 4.78 is 31.8. The second-order valence-electron chi connectivity index (χ2n) is 7.40. The average Bonchev–Trinajstić information content (AvgIpc) is 3.77. The maximum atomic E-state index is 12.4.